The van der Waals surface area contributed by atoms with E-state index in [9.17, 15) is 9.18 Å². The van der Waals surface area contributed by atoms with E-state index in [4.69, 9.17) is 4.74 Å². The van der Waals surface area contributed by atoms with Crippen molar-refractivity contribution < 1.29 is 13.9 Å². The zero-order valence-electron chi connectivity index (χ0n) is 14.3. The van der Waals surface area contributed by atoms with Gasteiger partial charge < -0.3 is 15.0 Å². The molecule has 0 aromatic heterocycles. The number of hydrogen-bond donors (Lipinski definition) is 1. The predicted molar refractivity (Wildman–Crippen MR) is 89.2 cm³/mol. The molecule has 0 bridgehead atoms. The van der Waals surface area contributed by atoms with Gasteiger partial charge in [0.25, 0.3) is 0 Å². The molecule has 128 valence electrons. The van der Waals surface area contributed by atoms with Crippen molar-refractivity contribution in [3.05, 3.63) is 35.4 Å². The van der Waals surface area contributed by atoms with Crippen LogP contribution in [0.2, 0.25) is 0 Å². The lowest BCUT2D eigenvalue weighted by molar-refractivity contribution is 0.00305. The smallest absolute Gasteiger partial charge is 0.317 e. The van der Waals surface area contributed by atoms with E-state index in [1.54, 1.807) is 11.9 Å². The summed E-state index contributed by atoms with van der Waals surface area (Å²) < 4.78 is 18.7. The Hall–Kier alpha value is -1.62. The van der Waals surface area contributed by atoms with E-state index in [1.165, 1.54) is 5.56 Å². The van der Waals surface area contributed by atoms with Gasteiger partial charge in [-0.2, -0.15) is 0 Å². The van der Waals surface area contributed by atoms with Crippen LogP contribution in [-0.4, -0.2) is 44.4 Å². The maximum Gasteiger partial charge on any atom is 0.317 e. The first-order valence-corrected chi connectivity index (χ1v) is 8.18. The van der Waals surface area contributed by atoms with Crippen LogP contribution in [0.15, 0.2) is 24.3 Å². The SMILES string of the molecule is Cc1ccc(C(C)N(C)C(=O)NCC2(CF)CCOCC2)cc1. The maximum absolute atomic E-state index is 13.4. The third-order valence-corrected chi connectivity index (χ3v) is 4.91. The summed E-state index contributed by atoms with van der Waals surface area (Å²) in [5.74, 6) is 0. The predicted octanol–water partition coefficient (Wildman–Crippen LogP) is 3.46. The van der Waals surface area contributed by atoms with E-state index < -0.39 is 12.1 Å². The van der Waals surface area contributed by atoms with Crippen molar-refractivity contribution >= 4 is 6.03 Å². The van der Waals surface area contributed by atoms with Crippen LogP contribution in [0.25, 0.3) is 0 Å². The van der Waals surface area contributed by atoms with Crippen LogP contribution in [0.4, 0.5) is 9.18 Å². The fourth-order valence-electron chi connectivity index (χ4n) is 2.79. The first kappa shape index (κ1) is 17.7. The van der Waals surface area contributed by atoms with Gasteiger partial charge in [-0.3, -0.25) is 4.39 Å². The van der Waals surface area contributed by atoms with Crippen molar-refractivity contribution in [3.8, 4) is 0 Å². The number of urea groups is 1. The minimum atomic E-state index is -0.470. The highest BCUT2D eigenvalue weighted by molar-refractivity contribution is 5.74. The summed E-state index contributed by atoms with van der Waals surface area (Å²) in [4.78, 5) is 14.0. The lowest BCUT2D eigenvalue weighted by Gasteiger charge is -2.35. The molecule has 4 nitrogen and oxygen atoms in total. The number of carbonyl (C=O) groups is 1. The summed E-state index contributed by atoms with van der Waals surface area (Å²) in [6.07, 6.45) is 1.31. The molecule has 1 atom stereocenters. The molecule has 23 heavy (non-hydrogen) atoms. The van der Waals surface area contributed by atoms with Gasteiger partial charge in [-0.15, -0.1) is 0 Å². The largest absolute Gasteiger partial charge is 0.381 e. The number of hydrogen-bond acceptors (Lipinski definition) is 2. The van der Waals surface area contributed by atoms with Crippen LogP contribution < -0.4 is 5.32 Å². The van der Waals surface area contributed by atoms with Crippen LogP contribution in [-0.2, 0) is 4.74 Å². The van der Waals surface area contributed by atoms with Crippen molar-refractivity contribution in [3.63, 3.8) is 0 Å². The minimum absolute atomic E-state index is 0.0355. The van der Waals surface area contributed by atoms with Gasteiger partial charge in [-0.25, -0.2) is 4.79 Å². The van der Waals surface area contributed by atoms with Crippen LogP contribution >= 0.6 is 0 Å². The molecule has 2 rings (SSSR count). The van der Waals surface area contributed by atoms with E-state index in [0.717, 1.165) is 5.56 Å². The van der Waals surface area contributed by atoms with E-state index in [2.05, 4.69) is 5.32 Å². The van der Waals surface area contributed by atoms with Crippen LogP contribution in [0.5, 0.6) is 0 Å². The number of aryl methyl sites for hydroxylation is 1. The van der Waals surface area contributed by atoms with Crippen LogP contribution in [0.1, 0.15) is 36.9 Å². The second-order valence-electron chi connectivity index (χ2n) is 6.60. The Balaban J connectivity index is 1.92. The van der Waals surface area contributed by atoms with Crippen molar-refractivity contribution in [2.45, 2.75) is 32.7 Å². The second kappa shape index (κ2) is 7.77. The zero-order chi connectivity index (χ0) is 16.9. The molecule has 5 heteroatoms. The number of ether oxygens (including phenoxy) is 1. The summed E-state index contributed by atoms with van der Waals surface area (Å²) in [6.45, 7) is 5.09. The van der Waals surface area contributed by atoms with Gasteiger partial charge >= 0.3 is 6.03 Å². The summed E-state index contributed by atoms with van der Waals surface area (Å²) in [6, 6.07) is 7.94. The van der Waals surface area contributed by atoms with Gasteiger partial charge in [0.15, 0.2) is 0 Å². The molecule has 0 saturated carbocycles. The second-order valence-corrected chi connectivity index (χ2v) is 6.60. The van der Waals surface area contributed by atoms with E-state index in [1.807, 2.05) is 38.1 Å². The molecule has 0 spiro atoms. The van der Waals surface area contributed by atoms with E-state index in [0.29, 0.717) is 32.6 Å². The fraction of sp³-hybridized carbons (Fsp3) is 0.611. The fourth-order valence-corrected chi connectivity index (χ4v) is 2.79. The molecule has 1 aromatic carbocycles. The molecule has 1 aliphatic heterocycles. The molecule has 2 amide bonds. The summed E-state index contributed by atoms with van der Waals surface area (Å²) in [7, 11) is 1.77. The minimum Gasteiger partial charge on any atom is -0.381 e. The number of alkyl halides is 1. The first-order valence-electron chi connectivity index (χ1n) is 8.18. The topological polar surface area (TPSA) is 41.6 Å². The monoisotopic (exact) mass is 322 g/mol. The molecular formula is C18H27FN2O2. The normalized spacial score (nSPS) is 18.3. The van der Waals surface area contributed by atoms with E-state index >= 15 is 0 Å². The Bertz CT molecular complexity index is 512. The number of rotatable bonds is 5. The summed E-state index contributed by atoms with van der Waals surface area (Å²) >= 11 is 0. The number of amides is 2. The van der Waals surface area contributed by atoms with Gasteiger partial charge in [-0.05, 0) is 32.3 Å². The van der Waals surface area contributed by atoms with Gasteiger partial charge in [0.2, 0.25) is 0 Å². The lowest BCUT2D eigenvalue weighted by atomic mass is 9.81. The summed E-state index contributed by atoms with van der Waals surface area (Å²) in [5, 5.41) is 2.90. The maximum atomic E-state index is 13.4. The molecule has 1 unspecified atom stereocenters. The Kier molecular flexibility index (Phi) is 5.99. The molecule has 1 aliphatic rings. The Morgan fingerprint density at radius 3 is 2.52 bits per heavy atom. The van der Waals surface area contributed by atoms with E-state index in [-0.39, 0.29) is 12.1 Å². The number of carbonyl (C=O) groups excluding carboxylic acids is 1. The van der Waals surface area contributed by atoms with Crippen molar-refractivity contribution in [1.29, 1.82) is 0 Å². The van der Waals surface area contributed by atoms with Crippen LogP contribution in [0.3, 0.4) is 0 Å². The molecule has 0 aliphatic carbocycles. The summed E-state index contributed by atoms with van der Waals surface area (Å²) in [5.41, 5.74) is 1.80. The highest BCUT2D eigenvalue weighted by Crippen LogP contribution is 2.30. The quantitative estimate of drug-likeness (QED) is 0.902. The van der Waals surface area contributed by atoms with Gasteiger partial charge in [-0.1, -0.05) is 29.8 Å². The molecular weight excluding hydrogens is 295 g/mol. The number of halogens is 1. The molecule has 1 N–H and O–H groups in total. The van der Waals surface area contributed by atoms with Gasteiger partial charge in [0.1, 0.15) is 0 Å². The molecule has 0 radical (unpaired) electrons. The standard InChI is InChI=1S/C18H27FN2O2/c1-14-4-6-16(7-5-14)15(2)21(3)17(22)20-13-18(12-19)8-10-23-11-9-18/h4-7,15H,8-13H2,1-3H3,(H,20,22). The lowest BCUT2D eigenvalue weighted by Crippen LogP contribution is -2.47. The highest BCUT2D eigenvalue weighted by atomic mass is 19.1. The Morgan fingerprint density at radius 2 is 1.96 bits per heavy atom. The van der Waals surface area contributed by atoms with Gasteiger partial charge in [0.05, 0.1) is 12.7 Å². The Labute approximate surface area is 138 Å². The van der Waals surface area contributed by atoms with Crippen molar-refractivity contribution in [1.82, 2.24) is 10.2 Å². The average molecular weight is 322 g/mol. The molecule has 1 aromatic rings. The molecule has 1 saturated heterocycles. The number of benzene rings is 1. The average Bonchev–Trinajstić information content (AvgIpc) is 2.60. The first-order chi connectivity index (χ1) is 11.0. The third-order valence-electron chi connectivity index (χ3n) is 4.91. The number of nitrogens with zero attached hydrogens (tertiary/aromatic N) is 1. The molecule has 1 fully saturated rings. The Morgan fingerprint density at radius 1 is 1.35 bits per heavy atom. The third kappa shape index (κ3) is 4.44. The van der Waals surface area contributed by atoms with Crippen molar-refractivity contribution in [2.75, 3.05) is 33.5 Å². The van der Waals surface area contributed by atoms with Crippen LogP contribution in [0, 0.1) is 12.3 Å². The zero-order valence-corrected chi connectivity index (χ0v) is 14.3. The van der Waals surface area contributed by atoms with Crippen molar-refractivity contribution in [2.24, 2.45) is 5.41 Å². The molecule has 1 heterocycles. The highest BCUT2D eigenvalue weighted by Gasteiger charge is 2.33. The number of nitrogens with one attached hydrogen (secondary N) is 1. The van der Waals surface area contributed by atoms with Gasteiger partial charge in [0, 0.05) is 32.2 Å².